The number of azo groups is 2. The number of hydrogen-bond acceptors (Lipinski definition) is 14. The van der Waals surface area contributed by atoms with Gasteiger partial charge in [0.05, 0.1) is 32.8 Å². The second-order valence-electron chi connectivity index (χ2n) is 13.1. The van der Waals surface area contributed by atoms with Crippen molar-refractivity contribution in [1.29, 1.82) is 0 Å². The molecule has 6 rings (SSSR count). The summed E-state index contributed by atoms with van der Waals surface area (Å²) in [5.74, 6) is -1.27. The van der Waals surface area contributed by atoms with Crippen molar-refractivity contribution in [3.05, 3.63) is 106 Å². The van der Waals surface area contributed by atoms with Crippen LogP contribution in [0.5, 0.6) is 23.3 Å². The molecule has 2 heterocycles. The first-order valence-corrected chi connectivity index (χ1v) is 22.6. The van der Waals surface area contributed by atoms with E-state index in [0.717, 1.165) is 12.1 Å². The molecule has 0 spiro atoms. The molecule has 0 amide bonds. The Balaban J connectivity index is 0.000000272. The van der Waals surface area contributed by atoms with Crippen LogP contribution in [0.2, 0.25) is 10.0 Å². The van der Waals surface area contributed by atoms with Gasteiger partial charge in [-0.2, -0.15) is 28.2 Å². The number of halogens is 2. The van der Waals surface area contributed by atoms with E-state index in [0.29, 0.717) is 22.8 Å². The Labute approximate surface area is 385 Å². The molecule has 334 valence electrons. The fraction of sp³-hybridized carbons (Fsp3) is 0.250. The van der Waals surface area contributed by atoms with Crippen LogP contribution in [0.1, 0.15) is 39.1 Å². The van der Waals surface area contributed by atoms with Crippen LogP contribution in [-0.4, -0.2) is 91.6 Å². The number of para-hydroxylation sites is 2. The fourth-order valence-corrected chi connectivity index (χ4v) is 9.93. The molecule has 0 aliphatic carbocycles. The van der Waals surface area contributed by atoms with Crippen molar-refractivity contribution < 1.29 is 54.6 Å². The third-order valence-electron chi connectivity index (χ3n) is 9.23. The van der Waals surface area contributed by atoms with Gasteiger partial charge in [0.2, 0.25) is 31.8 Å². The van der Waals surface area contributed by atoms with Crippen molar-refractivity contribution in [1.82, 2.24) is 28.2 Å². The number of rotatable bonds is 14. The maximum atomic E-state index is 12.7. The number of phenols is 2. The first kappa shape index (κ1) is 50.3. The third kappa shape index (κ3) is 10.9. The zero-order chi connectivity index (χ0) is 45.5. The van der Waals surface area contributed by atoms with Gasteiger partial charge in [-0.15, -0.1) is 20.5 Å². The van der Waals surface area contributed by atoms with Crippen LogP contribution in [0.3, 0.4) is 0 Å². The Morgan fingerprint density at radius 2 is 0.873 bits per heavy atom. The van der Waals surface area contributed by atoms with Crippen LogP contribution >= 0.6 is 23.2 Å². The van der Waals surface area contributed by atoms with Gasteiger partial charge >= 0.3 is 0 Å². The summed E-state index contributed by atoms with van der Waals surface area (Å²) in [5.41, 5.74) is 2.23. The van der Waals surface area contributed by atoms with E-state index in [-0.39, 0.29) is 97.9 Å². The van der Waals surface area contributed by atoms with Crippen molar-refractivity contribution in [2.45, 2.75) is 51.3 Å². The minimum Gasteiger partial charge on any atom is -0.506 e. The molecule has 0 saturated heterocycles. The molecule has 23 heteroatoms. The van der Waals surface area contributed by atoms with Gasteiger partial charge in [-0.1, -0.05) is 87.3 Å². The van der Waals surface area contributed by atoms with Gasteiger partial charge in [-0.3, -0.25) is 0 Å². The molecular weight excluding hydrogens is 936 g/mol. The van der Waals surface area contributed by atoms with E-state index >= 15 is 0 Å². The van der Waals surface area contributed by atoms with Crippen LogP contribution in [0.15, 0.2) is 115 Å². The quantitative estimate of drug-likeness (QED) is 0.0754. The summed E-state index contributed by atoms with van der Waals surface area (Å²) >= 11 is 12.4. The number of benzene rings is 4. The third-order valence-corrected chi connectivity index (χ3v) is 14.3. The molecule has 4 aromatic carbocycles. The van der Waals surface area contributed by atoms with E-state index in [9.17, 15) is 37.3 Å². The standard InChI is InChI=1S/2C20H22ClN5O4S.Cr/c2*1-4-25(5-2)31(29,30)18-12-17(27)16(11-15(18)21)22-23-19-13(3)24-26(20(19)28)14-9-7-6-8-10-14;/h2*6-12,27-28H,4-5H2,1-3H3;. The molecule has 0 radical (unpaired) electrons. The Morgan fingerprint density at radius 1 is 0.556 bits per heavy atom. The summed E-state index contributed by atoms with van der Waals surface area (Å²) in [7, 11) is -7.73. The second-order valence-corrected chi connectivity index (χ2v) is 17.8. The molecule has 63 heavy (non-hydrogen) atoms. The maximum absolute atomic E-state index is 12.7. The van der Waals surface area contributed by atoms with E-state index < -0.39 is 31.5 Å². The molecule has 6 aromatic rings. The van der Waals surface area contributed by atoms with Crippen molar-refractivity contribution in [3.8, 4) is 34.6 Å². The van der Waals surface area contributed by atoms with Gasteiger partial charge in [0.25, 0.3) is 0 Å². The maximum Gasteiger partial charge on any atom is 0.244 e. The molecule has 0 atom stereocenters. The molecule has 0 aliphatic heterocycles. The van der Waals surface area contributed by atoms with Crippen LogP contribution < -0.4 is 0 Å². The summed E-state index contributed by atoms with van der Waals surface area (Å²) < 4.78 is 56.0. The predicted molar refractivity (Wildman–Crippen MR) is 235 cm³/mol. The van der Waals surface area contributed by atoms with Crippen LogP contribution in [0, 0.1) is 13.8 Å². The van der Waals surface area contributed by atoms with Gasteiger partial charge < -0.3 is 20.4 Å². The predicted octanol–water partition coefficient (Wildman–Crippen LogP) is 9.38. The number of aromatic hydroxyl groups is 4. The number of phenolic OH excluding ortho intramolecular Hbond substituents is 2. The summed E-state index contributed by atoms with van der Waals surface area (Å²) in [5, 5.41) is 65.9. The van der Waals surface area contributed by atoms with Crippen molar-refractivity contribution in [2.24, 2.45) is 20.5 Å². The summed E-state index contributed by atoms with van der Waals surface area (Å²) in [6.07, 6.45) is 0. The van der Waals surface area contributed by atoms with Gasteiger partial charge in [-0.05, 0) is 50.2 Å². The van der Waals surface area contributed by atoms with Crippen molar-refractivity contribution in [3.63, 3.8) is 0 Å². The summed E-state index contributed by atoms with van der Waals surface area (Å²) in [4.78, 5) is -0.435. The molecule has 0 bridgehead atoms. The average molecular weight is 980 g/mol. The summed E-state index contributed by atoms with van der Waals surface area (Å²) in [6.45, 7) is 11.2. The smallest absolute Gasteiger partial charge is 0.244 e. The molecular formula is C40H44Cl2CrN10O8S2. The van der Waals surface area contributed by atoms with Gasteiger partial charge in [0.15, 0.2) is 11.4 Å². The zero-order valence-electron chi connectivity index (χ0n) is 34.8. The molecule has 0 saturated carbocycles. The molecule has 4 N–H and O–H groups in total. The zero-order valence-corrected chi connectivity index (χ0v) is 39.2. The SMILES string of the molecule is CCN(CC)S(=O)(=O)c1cc(O)c(N=Nc2c(C)nn(-c3ccccc3)c2O)cc1Cl.CCN(CC)S(=O)(=O)c1cc(O)c(N=Nc2c(C)nn(-c3ccccc3)c2O)cc1Cl.[Cr]. The average Bonchev–Trinajstić information content (AvgIpc) is 3.70. The van der Waals surface area contributed by atoms with E-state index in [1.165, 1.54) is 30.1 Å². The Bertz CT molecular complexity index is 2640. The molecule has 18 nitrogen and oxygen atoms in total. The van der Waals surface area contributed by atoms with Gasteiger partial charge in [-0.25, -0.2) is 16.8 Å². The van der Waals surface area contributed by atoms with E-state index in [1.54, 1.807) is 90.1 Å². The normalized spacial score (nSPS) is 12.0. The van der Waals surface area contributed by atoms with E-state index in [4.69, 9.17) is 23.2 Å². The Morgan fingerprint density at radius 3 is 1.17 bits per heavy atom. The summed E-state index contributed by atoms with van der Waals surface area (Å²) in [6, 6.07) is 22.5. The van der Waals surface area contributed by atoms with Gasteiger partial charge in [0, 0.05) is 55.7 Å². The monoisotopic (exact) mass is 978 g/mol. The number of aromatic nitrogens is 4. The van der Waals surface area contributed by atoms with Crippen LogP contribution in [0.25, 0.3) is 11.4 Å². The van der Waals surface area contributed by atoms with Gasteiger partial charge in [0.1, 0.15) is 32.7 Å². The van der Waals surface area contributed by atoms with E-state index in [1.807, 2.05) is 12.1 Å². The van der Waals surface area contributed by atoms with Crippen molar-refractivity contribution >= 4 is 66.0 Å². The van der Waals surface area contributed by atoms with Crippen LogP contribution in [0.4, 0.5) is 22.7 Å². The molecule has 0 unspecified atom stereocenters. The Kier molecular flexibility index (Phi) is 17.0. The van der Waals surface area contributed by atoms with E-state index in [2.05, 4.69) is 30.7 Å². The molecule has 0 fully saturated rings. The number of hydrogen-bond donors (Lipinski definition) is 4. The van der Waals surface area contributed by atoms with Crippen LogP contribution in [-0.2, 0) is 37.4 Å². The Hall–Kier alpha value is -5.37. The largest absolute Gasteiger partial charge is 0.506 e. The minimum atomic E-state index is -3.86. The topological polar surface area (TPSA) is 241 Å². The molecule has 0 aliphatic rings. The first-order chi connectivity index (χ1) is 29.4. The second kappa shape index (κ2) is 21.3. The van der Waals surface area contributed by atoms with Crippen molar-refractivity contribution in [2.75, 3.05) is 26.2 Å². The fourth-order valence-electron chi connectivity index (χ4n) is 5.98. The minimum absolute atomic E-state index is 0. The number of sulfonamides is 2. The molecule has 2 aromatic heterocycles. The number of aryl methyl sites for hydroxylation is 2. The first-order valence-electron chi connectivity index (χ1n) is 19.0. The number of nitrogens with zero attached hydrogens (tertiary/aromatic N) is 10.